The maximum atomic E-state index is 12.6. The highest BCUT2D eigenvalue weighted by atomic mass is 35.5. The summed E-state index contributed by atoms with van der Waals surface area (Å²) >= 11 is 5.93. The van der Waals surface area contributed by atoms with Crippen LogP contribution in [0.1, 0.15) is 85.7 Å². The maximum absolute atomic E-state index is 12.6. The second-order valence-electron chi connectivity index (χ2n) is 13.3. The van der Waals surface area contributed by atoms with Gasteiger partial charge in [-0.15, -0.1) is 0 Å². The number of allylic oxidation sites excluding steroid dienone is 1. The highest BCUT2D eigenvalue weighted by Gasteiger charge is 2.26. The minimum Gasteiger partial charge on any atom is -0.383 e. The summed E-state index contributed by atoms with van der Waals surface area (Å²) in [6.07, 6.45) is 8.61. The van der Waals surface area contributed by atoms with E-state index in [2.05, 4.69) is 36.1 Å². The number of Topliss-reactive ketones (excluding diaryl/α,β-unsaturated/α-hetero) is 2. The zero-order valence-electron chi connectivity index (χ0n) is 30.5. The summed E-state index contributed by atoms with van der Waals surface area (Å²) in [5.74, 6) is -0.396. The van der Waals surface area contributed by atoms with Gasteiger partial charge in [-0.25, -0.2) is 9.78 Å². The van der Waals surface area contributed by atoms with Crippen LogP contribution < -0.4 is 21.3 Å². The fraction of sp³-hybridized carbons (Fsp3) is 0.410. The number of ketones is 2. The molecule has 0 radical (unpaired) electrons. The van der Waals surface area contributed by atoms with E-state index in [-0.39, 0.29) is 35.3 Å². The first kappa shape index (κ1) is 39.1. The minimum absolute atomic E-state index is 0.0673. The van der Waals surface area contributed by atoms with Crippen molar-refractivity contribution in [3.05, 3.63) is 82.4 Å². The van der Waals surface area contributed by atoms with Gasteiger partial charge in [0.05, 0.1) is 17.0 Å². The Morgan fingerprint density at radius 1 is 0.906 bits per heavy atom. The van der Waals surface area contributed by atoms with Crippen molar-refractivity contribution in [1.29, 1.82) is 0 Å². The molecule has 3 aliphatic rings. The van der Waals surface area contributed by atoms with E-state index in [1.165, 1.54) is 37.7 Å². The average molecular weight is 743 g/mol. The summed E-state index contributed by atoms with van der Waals surface area (Å²) in [5, 5.41) is 11.7. The van der Waals surface area contributed by atoms with Gasteiger partial charge in [-0.1, -0.05) is 30.7 Å². The number of carbonyl (C=O) groups excluding carboxylic acids is 5. The number of urea groups is 1. The number of amides is 4. The standard InChI is InChI=1S/C32H36ClN7O3.C7H11NO2/c1-21(41)26-7-4-8-27(30(26)22(2)42)35-13-14-39-15-17-40(18-16-39)31(23-5-3-6-23)28-19-24(9-11-34-28)37-32(43)38-25-10-12-36-29(33)20-25;1-2-5-3-4-6(9)8-7(5)10/h4,7-12,19-20,35H,3,5-6,13-18H2,1-2H3,(H2,34,36,37,38,43);5H,2-4H2,1H3,(H,8,9,10). The van der Waals surface area contributed by atoms with E-state index in [0.717, 1.165) is 64.1 Å². The number of aromatic nitrogens is 2. The average Bonchev–Trinajstić information content (AvgIpc) is 3.10. The van der Waals surface area contributed by atoms with E-state index in [1.807, 2.05) is 25.1 Å². The third kappa shape index (κ3) is 10.7. The van der Waals surface area contributed by atoms with E-state index in [4.69, 9.17) is 16.6 Å². The Morgan fingerprint density at radius 3 is 2.21 bits per heavy atom. The monoisotopic (exact) mass is 742 g/mol. The molecular formula is C39H47ClN8O5. The number of anilines is 3. The first-order chi connectivity index (χ1) is 25.5. The second kappa shape index (κ2) is 18.6. The van der Waals surface area contributed by atoms with Gasteiger partial charge < -0.3 is 20.9 Å². The molecule has 4 N–H and O–H groups in total. The predicted molar refractivity (Wildman–Crippen MR) is 206 cm³/mol. The van der Waals surface area contributed by atoms with Crippen molar-refractivity contribution >= 4 is 63.8 Å². The Morgan fingerprint density at radius 2 is 1.60 bits per heavy atom. The molecule has 13 nitrogen and oxygen atoms in total. The molecule has 0 spiro atoms. The second-order valence-corrected chi connectivity index (χ2v) is 13.7. The van der Waals surface area contributed by atoms with Crippen LogP contribution in [0.2, 0.25) is 5.15 Å². The summed E-state index contributed by atoms with van der Waals surface area (Å²) in [6, 6.07) is 12.0. The molecule has 1 unspecified atom stereocenters. The van der Waals surface area contributed by atoms with Crippen molar-refractivity contribution in [2.45, 2.75) is 59.3 Å². The Labute approximate surface area is 315 Å². The number of nitrogens with zero attached hydrogens (tertiary/aromatic N) is 4. The van der Waals surface area contributed by atoms with Crippen molar-refractivity contribution in [2.75, 3.05) is 55.2 Å². The van der Waals surface area contributed by atoms with Gasteiger partial charge in [-0.05, 0) is 81.9 Å². The number of hydrogen-bond donors (Lipinski definition) is 4. The first-order valence-corrected chi connectivity index (χ1v) is 18.5. The van der Waals surface area contributed by atoms with E-state index >= 15 is 0 Å². The third-order valence-electron chi connectivity index (χ3n) is 9.61. The van der Waals surface area contributed by atoms with Crippen molar-refractivity contribution in [1.82, 2.24) is 25.1 Å². The number of carbonyl (C=O) groups is 5. The molecule has 0 bridgehead atoms. The van der Waals surface area contributed by atoms with Crippen LogP contribution in [0.3, 0.4) is 0 Å². The Balaban J connectivity index is 0.000000469. The summed E-state index contributed by atoms with van der Waals surface area (Å²) in [7, 11) is 0. The lowest BCUT2D eigenvalue weighted by molar-refractivity contribution is -0.136. The van der Waals surface area contributed by atoms with Crippen molar-refractivity contribution in [3.63, 3.8) is 0 Å². The Kier molecular flexibility index (Phi) is 13.7. The summed E-state index contributed by atoms with van der Waals surface area (Å²) in [4.78, 5) is 71.9. The van der Waals surface area contributed by atoms with Crippen molar-refractivity contribution in [2.24, 2.45) is 5.92 Å². The molecule has 3 fully saturated rings. The van der Waals surface area contributed by atoms with Gasteiger partial charge in [0.1, 0.15) is 5.15 Å². The van der Waals surface area contributed by atoms with Crippen LogP contribution in [0.4, 0.5) is 21.9 Å². The van der Waals surface area contributed by atoms with Crippen LogP contribution in [0, 0.1) is 5.92 Å². The largest absolute Gasteiger partial charge is 0.383 e. The topological polar surface area (TPSA) is 166 Å². The van der Waals surface area contributed by atoms with Gasteiger partial charge in [-0.3, -0.25) is 34.4 Å². The van der Waals surface area contributed by atoms with Crippen LogP contribution >= 0.6 is 11.6 Å². The highest BCUT2D eigenvalue weighted by molar-refractivity contribution is 6.29. The van der Waals surface area contributed by atoms with Crippen LogP contribution in [0.5, 0.6) is 0 Å². The highest BCUT2D eigenvalue weighted by Crippen LogP contribution is 2.36. The zero-order valence-corrected chi connectivity index (χ0v) is 31.2. The number of rotatable bonds is 11. The number of hydrogen-bond acceptors (Lipinski definition) is 10. The number of piperidine rings is 1. The van der Waals surface area contributed by atoms with Crippen LogP contribution in [0.15, 0.2) is 60.4 Å². The van der Waals surface area contributed by atoms with Crippen molar-refractivity contribution < 1.29 is 24.0 Å². The lowest BCUT2D eigenvalue weighted by Crippen LogP contribution is -2.47. The Hall–Kier alpha value is -5.14. The molecule has 3 aromatic rings. The molecule has 6 rings (SSSR count). The van der Waals surface area contributed by atoms with Crippen molar-refractivity contribution in [3.8, 4) is 0 Å². The lowest BCUT2D eigenvalue weighted by atomic mass is 9.88. The molecule has 2 saturated heterocycles. The number of piperazine rings is 1. The number of nitrogens with one attached hydrogen (secondary N) is 4. The SMILES string of the molecule is CC(=O)c1cccc(NCCN2CCN(C(=C3CCC3)c3cc(NC(=O)Nc4ccnc(Cl)c4)ccn3)CC2)c1C(C)=O.CCC1CCC(=O)NC1=O. The summed E-state index contributed by atoms with van der Waals surface area (Å²) in [5.41, 5.74) is 6.25. The van der Waals surface area contributed by atoms with Gasteiger partial charge in [0.25, 0.3) is 0 Å². The van der Waals surface area contributed by atoms with Gasteiger partial charge in [0, 0.05) is 86.6 Å². The first-order valence-electron chi connectivity index (χ1n) is 18.1. The molecule has 1 saturated carbocycles. The fourth-order valence-electron chi connectivity index (χ4n) is 6.61. The molecule has 2 aliphatic heterocycles. The van der Waals surface area contributed by atoms with Crippen LogP contribution in [-0.4, -0.2) is 88.4 Å². The quantitative estimate of drug-likeness (QED) is 0.100. The molecule has 53 heavy (non-hydrogen) atoms. The minimum atomic E-state index is -0.372. The summed E-state index contributed by atoms with van der Waals surface area (Å²) < 4.78 is 0. The van der Waals surface area contributed by atoms with Gasteiger partial charge in [-0.2, -0.15) is 0 Å². The molecule has 1 aliphatic carbocycles. The van der Waals surface area contributed by atoms with Gasteiger partial charge >= 0.3 is 6.03 Å². The number of halogens is 1. The van der Waals surface area contributed by atoms with E-state index in [9.17, 15) is 24.0 Å². The fourth-order valence-corrected chi connectivity index (χ4v) is 6.79. The molecule has 2 aromatic heterocycles. The van der Waals surface area contributed by atoms with Crippen LogP contribution in [0.25, 0.3) is 5.70 Å². The van der Waals surface area contributed by atoms with E-state index in [0.29, 0.717) is 46.3 Å². The molecule has 4 heterocycles. The molecule has 14 heteroatoms. The molecule has 280 valence electrons. The van der Waals surface area contributed by atoms with E-state index < -0.39 is 0 Å². The van der Waals surface area contributed by atoms with E-state index in [1.54, 1.807) is 30.5 Å². The van der Waals surface area contributed by atoms with Gasteiger partial charge in [0.15, 0.2) is 11.6 Å². The Bertz CT molecular complexity index is 1870. The molecule has 1 atom stereocenters. The number of pyridine rings is 2. The van der Waals surface area contributed by atoms with Gasteiger partial charge in [0.2, 0.25) is 11.8 Å². The number of benzene rings is 1. The molecule has 1 aromatic carbocycles. The molecular weight excluding hydrogens is 696 g/mol. The van der Waals surface area contributed by atoms with Crippen LogP contribution in [-0.2, 0) is 9.59 Å². The third-order valence-corrected chi connectivity index (χ3v) is 9.82. The predicted octanol–water partition coefficient (Wildman–Crippen LogP) is 6.25. The summed E-state index contributed by atoms with van der Waals surface area (Å²) in [6.45, 7) is 9.92. The number of imide groups is 1. The maximum Gasteiger partial charge on any atom is 0.323 e. The lowest BCUT2D eigenvalue weighted by Gasteiger charge is -2.39. The normalized spacial score (nSPS) is 17.1. The zero-order chi connectivity index (χ0) is 37.9. The smallest absolute Gasteiger partial charge is 0.323 e. The molecule has 4 amide bonds.